The lowest BCUT2D eigenvalue weighted by Gasteiger charge is -2.29. The summed E-state index contributed by atoms with van der Waals surface area (Å²) in [5.74, 6) is 0.514. The Labute approximate surface area is 218 Å². The van der Waals surface area contributed by atoms with E-state index in [4.69, 9.17) is 24.6 Å². The Morgan fingerprint density at radius 2 is 1.79 bits per heavy atom. The Hall–Kier alpha value is -5.09. The van der Waals surface area contributed by atoms with Crippen molar-refractivity contribution < 1.29 is 13.9 Å². The SMILES string of the molecule is Cc1ccc2nc(Oc3ccccc3)c(C3C(CC#N)=C(N)Oc4c3c(=O)oc3ccc(C)cc43)cc2c1. The van der Waals surface area contributed by atoms with Gasteiger partial charge < -0.3 is 19.6 Å². The van der Waals surface area contributed by atoms with Gasteiger partial charge in [-0.15, -0.1) is 0 Å². The van der Waals surface area contributed by atoms with Crippen molar-refractivity contribution in [3.8, 4) is 23.4 Å². The van der Waals surface area contributed by atoms with Crippen LogP contribution in [0.5, 0.6) is 17.4 Å². The molecule has 0 radical (unpaired) electrons. The highest BCUT2D eigenvalue weighted by atomic mass is 16.5. The molecule has 0 bridgehead atoms. The molecule has 7 nitrogen and oxygen atoms in total. The lowest BCUT2D eigenvalue weighted by atomic mass is 9.82. The number of nitrogens with two attached hydrogens (primary N) is 1. The molecule has 0 spiro atoms. The fourth-order valence-corrected chi connectivity index (χ4v) is 4.95. The average molecular weight is 502 g/mol. The molecule has 1 unspecified atom stereocenters. The number of para-hydroxylation sites is 1. The number of hydrogen-bond acceptors (Lipinski definition) is 7. The quantitative estimate of drug-likeness (QED) is 0.285. The van der Waals surface area contributed by atoms with Crippen molar-refractivity contribution >= 4 is 21.9 Å². The predicted octanol–water partition coefficient (Wildman–Crippen LogP) is 6.36. The highest BCUT2D eigenvalue weighted by molar-refractivity contribution is 5.87. The van der Waals surface area contributed by atoms with Crippen LogP contribution in [-0.2, 0) is 0 Å². The van der Waals surface area contributed by atoms with Gasteiger partial charge in [-0.1, -0.05) is 41.5 Å². The Morgan fingerprint density at radius 3 is 2.58 bits per heavy atom. The molecule has 1 aliphatic heterocycles. The summed E-state index contributed by atoms with van der Waals surface area (Å²) in [4.78, 5) is 18.4. The molecule has 0 saturated carbocycles. The molecule has 3 heterocycles. The Balaban J connectivity index is 1.69. The van der Waals surface area contributed by atoms with Crippen LogP contribution in [0, 0.1) is 25.2 Å². The first-order valence-corrected chi connectivity index (χ1v) is 12.2. The zero-order chi connectivity index (χ0) is 26.4. The van der Waals surface area contributed by atoms with Crippen molar-refractivity contribution in [1.29, 1.82) is 5.26 Å². The van der Waals surface area contributed by atoms with E-state index >= 15 is 0 Å². The number of ether oxygens (including phenoxy) is 2. The molecule has 3 aromatic carbocycles. The van der Waals surface area contributed by atoms with Crippen molar-refractivity contribution in [1.82, 2.24) is 4.98 Å². The van der Waals surface area contributed by atoms with Gasteiger partial charge in [-0.3, -0.25) is 0 Å². The van der Waals surface area contributed by atoms with Gasteiger partial charge >= 0.3 is 5.63 Å². The van der Waals surface area contributed by atoms with Crippen molar-refractivity contribution in [3.05, 3.63) is 117 Å². The molecule has 0 amide bonds. The van der Waals surface area contributed by atoms with Crippen LogP contribution in [-0.4, -0.2) is 4.98 Å². The minimum atomic E-state index is -0.768. The van der Waals surface area contributed by atoms with E-state index in [2.05, 4.69) is 6.07 Å². The molecule has 6 rings (SSSR count). The number of allylic oxidation sites excluding steroid dienone is 1. The first kappa shape index (κ1) is 23.3. The van der Waals surface area contributed by atoms with Gasteiger partial charge in [-0.2, -0.15) is 5.26 Å². The lowest BCUT2D eigenvalue weighted by Crippen LogP contribution is -2.27. The van der Waals surface area contributed by atoms with E-state index in [9.17, 15) is 10.1 Å². The highest BCUT2D eigenvalue weighted by Crippen LogP contribution is 2.47. The first-order valence-electron chi connectivity index (χ1n) is 12.2. The van der Waals surface area contributed by atoms with Crippen LogP contribution in [0.4, 0.5) is 0 Å². The van der Waals surface area contributed by atoms with Crippen molar-refractivity contribution in [2.45, 2.75) is 26.2 Å². The number of nitrogens with zero attached hydrogens (tertiary/aromatic N) is 2. The van der Waals surface area contributed by atoms with Crippen LogP contribution in [0.15, 0.2) is 93.5 Å². The molecule has 186 valence electrons. The second-order valence-electron chi connectivity index (χ2n) is 9.39. The Bertz CT molecular complexity index is 1870. The summed E-state index contributed by atoms with van der Waals surface area (Å²) in [5, 5.41) is 11.2. The van der Waals surface area contributed by atoms with Gasteiger partial charge in [0.15, 0.2) is 11.6 Å². The minimum absolute atomic E-state index is 0.0577. The van der Waals surface area contributed by atoms with Crippen molar-refractivity contribution in [2.24, 2.45) is 5.73 Å². The third kappa shape index (κ3) is 3.93. The molecule has 2 N–H and O–H groups in total. The van der Waals surface area contributed by atoms with Crippen LogP contribution in [0.1, 0.15) is 34.6 Å². The predicted molar refractivity (Wildman–Crippen MR) is 144 cm³/mol. The summed E-state index contributed by atoms with van der Waals surface area (Å²) >= 11 is 0. The zero-order valence-corrected chi connectivity index (χ0v) is 20.8. The van der Waals surface area contributed by atoms with E-state index in [1.807, 2.05) is 80.6 Å². The molecule has 1 atom stereocenters. The largest absolute Gasteiger partial charge is 0.440 e. The van der Waals surface area contributed by atoms with Gasteiger partial charge in [-0.05, 0) is 56.3 Å². The Kier molecular flexibility index (Phi) is 5.58. The van der Waals surface area contributed by atoms with Crippen molar-refractivity contribution in [2.75, 3.05) is 0 Å². The molecule has 5 aromatic rings. The van der Waals surface area contributed by atoms with E-state index < -0.39 is 11.5 Å². The first-order chi connectivity index (χ1) is 18.4. The molecule has 38 heavy (non-hydrogen) atoms. The summed E-state index contributed by atoms with van der Waals surface area (Å²) < 4.78 is 18.1. The van der Waals surface area contributed by atoms with E-state index in [-0.39, 0.29) is 17.9 Å². The molecular formula is C31H23N3O4. The van der Waals surface area contributed by atoms with Gasteiger partial charge in [-0.25, -0.2) is 9.78 Å². The van der Waals surface area contributed by atoms with Crippen LogP contribution in [0.3, 0.4) is 0 Å². The summed E-state index contributed by atoms with van der Waals surface area (Å²) in [6.07, 6.45) is -0.0577. The van der Waals surface area contributed by atoms with Crippen LogP contribution >= 0.6 is 0 Å². The third-order valence-electron chi connectivity index (χ3n) is 6.71. The number of pyridine rings is 1. The number of aryl methyl sites for hydroxylation is 2. The molecule has 0 aliphatic carbocycles. The molecule has 2 aromatic heterocycles. The molecule has 1 aliphatic rings. The smallest absolute Gasteiger partial charge is 0.344 e. The maximum Gasteiger partial charge on any atom is 0.344 e. The van der Waals surface area contributed by atoms with Crippen molar-refractivity contribution in [3.63, 3.8) is 0 Å². The summed E-state index contributed by atoms with van der Waals surface area (Å²) in [5.41, 5.74) is 10.3. The third-order valence-corrected chi connectivity index (χ3v) is 6.71. The number of hydrogen-bond donors (Lipinski definition) is 1. The normalized spacial score (nSPS) is 14.7. The second kappa shape index (κ2) is 9.09. The highest BCUT2D eigenvalue weighted by Gasteiger charge is 2.37. The fourth-order valence-electron chi connectivity index (χ4n) is 4.95. The average Bonchev–Trinajstić information content (AvgIpc) is 2.90. The minimum Gasteiger partial charge on any atom is -0.440 e. The number of aromatic nitrogens is 1. The maximum atomic E-state index is 13.5. The molecule has 0 fully saturated rings. The van der Waals surface area contributed by atoms with Gasteiger partial charge in [0.25, 0.3) is 0 Å². The van der Waals surface area contributed by atoms with E-state index in [1.165, 1.54) is 0 Å². The lowest BCUT2D eigenvalue weighted by molar-refractivity contribution is 0.379. The topological polar surface area (TPSA) is 111 Å². The van der Waals surface area contributed by atoms with E-state index in [0.717, 1.165) is 22.0 Å². The van der Waals surface area contributed by atoms with Crippen LogP contribution in [0.2, 0.25) is 0 Å². The molecular weight excluding hydrogens is 478 g/mol. The summed E-state index contributed by atoms with van der Waals surface area (Å²) in [7, 11) is 0. The van der Waals surface area contributed by atoms with Gasteiger partial charge in [0, 0.05) is 16.5 Å². The van der Waals surface area contributed by atoms with Crippen LogP contribution < -0.4 is 20.8 Å². The maximum absolute atomic E-state index is 13.5. The van der Waals surface area contributed by atoms with E-state index in [1.54, 1.807) is 6.07 Å². The number of fused-ring (bicyclic) bond motifs is 4. The Morgan fingerprint density at radius 1 is 1.03 bits per heavy atom. The second-order valence-corrected chi connectivity index (χ2v) is 9.39. The number of nitriles is 1. The molecule has 7 heteroatoms. The monoisotopic (exact) mass is 501 g/mol. The summed E-state index contributed by atoms with van der Waals surface area (Å²) in [6, 6.07) is 24.8. The van der Waals surface area contributed by atoms with Gasteiger partial charge in [0.05, 0.1) is 34.9 Å². The van der Waals surface area contributed by atoms with Gasteiger partial charge in [0.1, 0.15) is 11.3 Å². The fraction of sp³-hybridized carbons (Fsp3) is 0.129. The van der Waals surface area contributed by atoms with Gasteiger partial charge in [0.2, 0.25) is 5.88 Å². The standard InChI is InChI=1S/C31H23N3O4/c1-17-8-10-24-19(14-17)16-23(30(34-24)36-20-6-4-3-5-7-20)26-21(12-13-32)29(33)38-28-22-15-18(2)9-11-25(22)37-31(35)27(26)28/h3-11,14-16,26H,12,33H2,1-2H3. The molecule has 0 saturated heterocycles. The van der Waals surface area contributed by atoms with Crippen LogP contribution in [0.25, 0.3) is 21.9 Å². The zero-order valence-electron chi connectivity index (χ0n) is 20.8. The number of benzene rings is 3. The van der Waals surface area contributed by atoms with E-state index in [0.29, 0.717) is 39.5 Å². The summed E-state index contributed by atoms with van der Waals surface area (Å²) in [6.45, 7) is 3.94. The number of rotatable bonds is 4.